The lowest BCUT2D eigenvalue weighted by Gasteiger charge is -2.06. The minimum absolute atomic E-state index is 0.731. The molecule has 0 unspecified atom stereocenters. The van der Waals surface area contributed by atoms with Crippen LogP contribution in [0.3, 0.4) is 0 Å². The molecule has 9 heterocycles. The average molecular weight is 577 g/mol. The van der Waals surface area contributed by atoms with E-state index in [1.54, 1.807) is 25.1 Å². The smallest absolute Gasteiger partial charge is 0.138 e. The minimum Gasteiger partial charge on any atom is -0.464 e. The molecule has 8 bridgehead atoms. The zero-order valence-corrected chi connectivity index (χ0v) is 23.2. The number of hydrogen-bond acceptors (Lipinski definition) is 4. The predicted molar refractivity (Wildman–Crippen MR) is 163 cm³/mol. The molecule has 1 aliphatic rings. The molecule has 0 aliphatic carbocycles. The number of hydrogen-bond donors (Lipinski definition) is 4. The molecule has 0 saturated carbocycles. The third kappa shape index (κ3) is 3.85. The van der Waals surface area contributed by atoms with Gasteiger partial charge in [0.2, 0.25) is 0 Å². The van der Waals surface area contributed by atoms with E-state index in [2.05, 4.69) is 68.5 Å². The topological polar surface area (TPSA) is 116 Å². The van der Waals surface area contributed by atoms with Crippen LogP contribution in [-0.4, -0.2) is 19.9 Å². The third-order valence-electron chi connectivity index (χ3n) is 7.97. The van der Waals surface area contributed by atoms with Crippen LogP contribution in [0.5, 0.6) is 0 Å². The van der Waals surface area contributed by atoms with E-state index in [-0.39, 0.29) is 0 Å². The molecule has 8 heteroatoms. The molecule has 44 heavy (non-hydrogen) atoms. The molecule has 4 N–H and O–H groups in total. The molecule has 8 aromatic rings. The number of rotatable bonds is 4. The zero-order valence-electron chi connectivity index (χ0n) is 23.2. The molecule has 0 aromatic carbocycles. The molecule has 8 nitrogen and oxygen atoms in total. The highest BCUT2D eigenvalue weighted by Gasteiger charge is 2.20. The SMILES string of the molecule is c1coc(C2=c3ccc([nH]3)=C(c3ccco3)c3ccc([nH]3)C(c3ccco3)=c3ccc([nH]3)=C(c3ccco3)c3ccc2[nH]3)c1. The Morgan fingerprint density at radius 2 is 0.568 bits per heavy atom. The van der Waals surface area contributed by atoms with Crippen molar-refractivity contribution in [2.24, 2.45) is 0 Å². The molecular formula is C36H24N4O4. The van der Waals surface area contributed by atoms with E-state index in [9.17, 15) is 0 Å². The van der Waals surface area contributed by atoms with E-state index in [0.29, 0.717) is 0 Å². The van der Waals surface area contributed by atoms with E-state index in [4.69, 9.17) is 17.7 Å². The summed E-state index contributed by atoms with van der Waals surface area (Å²) in [7, 11) is 0. The Morgan fingerprint density at radius 3 is 0.795 bits per heavy atom. The third-order valence-corrected chi connectivity index (χ3v) is 7.97. The van der Waals surface area contributed by atoms with Gasteiger partial charge in [-0.3, -0.25) is 0 Å². The van der Waals surface area contributed by atoms with Crippen molar-refractivity contribution in [1.82, 2.24) is 19.9 Å². The summed E-state index contributed by atoms with van der Waals surface area (Å²) >= 11 is 0. The van der Waals surface area contributed by atoms with Gasteiger partial charge in [-0.15, -0.1) is 0 Å². The van der Waals surface area contributed by atoms with Crippen LogP contribution in [0.1, 0.15) is 45.8 Å². The van der Waals surface area contributed by atoms with Crippen molar-refractivity contribution >= 4 is 22.3 Å². The van der Waals surface area contributed by atoms with Gasteiger partial charge in [-0.2, -0.15) is 0 Å². The lowest BCUT2D eigenvalue weighted by molar-refractivity contribution is 0.552. The fraction of sp³-hybridized carbons (Fsp3) is 0. The van der Waals surface area contributed by atoms with Crippen LogP contribution in [0.2, 0.25) is 0 Å². The lowest BCUT2D eigenvalue weighted by atomic mass is 10.1. The van der Waals surface area contributed by atoms with Crippen molar-refractivity contribution in [3.8, 4) is 0 Å². The number of furan rings is 4. The first-order valence-corrected chi connectivity index (χ1v) is 14.2. The van der Waals surface area contributed by atoms with Crippen LogP contribution < -0.4 is 21.4 Å². The normalized spacial score (nSPS) is 13.3. The van der Waals surface area contributed by atoms with Crippen LogP contribution >= 0.6 is 0 Å². The van der Waals surface area contributed by atoms with Crippen LogP contribution in [-0.2, 0) is 0 Å². The lowest BCUT2D eigenvalue weighted by Crippen LogP contribution is -2.18. The maximum absolute atomic E-state index is 5.95. The Morgan fingerprint density at radius 1 is 0.295 bits per heavy atom. The highest BCUT2D eigenvalue weighted by Crippen LogP contribution is 2.28. The summed E-state index contributed by atoms with van der Waals surface area (Å²) < 4.78 is 23.8. The Bertz CT molecular complexity index is 2130. The average Bonchev–Trinajstić information content (AvgIpc) is 3.90. The van der Waals surface area contributed by atoms with Crippen LogP contribution in [0, 0.1) is 0 Å². The summed E-state index contributed by atoms with van der Waals surface area (Å²) in [5, 5.41) is 3.54. The number of aromatic nitrogens is 4. The molecule has 0 fully saturated rings. The van der Waals surface area contributed by atoms with Crippen molar-refractivity contribution in [3.63, 3.8) is 0 Å². The maximum Gasteiger partial charge on any atom is 0.138 e. The second-order valence-electron chi connectivity index (χ2n) is 10.6. The van der Waals surface area contributed by atoms with Gasteiger partial charge < -0.3 is 37.6 Å². The Balaban J connectivity index is 1.44. The van der Waals surface area contributed by atoms with Crippen molar-refractivity contribution in [2.75, 3.05) is 0 Å². The van der Waals surface area contributed by atoms with Gasteiger partial charge in [-0.25, -0.2) is 0 Å². The Hall–Kier alpha value is -6.28. The van der Waals surface area contributed by atoms with Gasteiger partial charge >= 0.3 is 0 Å². The van der Waals surface area contributed by atoms with Crippen LogP contribution in [0.15, 0.2) is 140 Å². The van der Waals surface area contributed by atoms with E-state index < -0.39 is 0 Å². The first kappa shape index (κ1) is 24.3. The fourth-order valence-corrected chi connectivity index (χ4v) is 6.07. The van der Waals surface area contributed by atoms with E-state index in [1.807, 2.05) is 48.5 Å². The van der Waals surface area contributed by atoms with Gasteiger partial charge in [0.1, 0.15) is 23.0 Å². The summed E-state index contributed by atoms with van der Waals surface area (Å²) in [6.07, 6.45) is 6.74. The molecular weight excluding hydrogens is 552 g/mol. The number of fused-ring (bicyclic) bond motifs is 8. The van der Waals surface area contributed by atoms with E-state index >= 15 is 0 Å². The van der Waals surface area contributed by atoms with Crippen LogP contribution in [0.25, 0.3) is 22.3 Å². The van der Waals surface area contributed by atoms with Crippen molar-refractivity contribution in [3.05, 3.63) is 189 Å². The van der Waals surface area contributed by atoms with Crippen molar-refractivity contribution in [2.45, 2.75) is 0 Å². The quantitative estimate of drug-likeness (QED) is 0.244. The van der Waals surface area contributed by atoms with Gasteiger partial charge in [0.15, 0.2) is 0 Å². The van der Waals surface area contributed by atoms with E-state index in [0.717, 1.165) is 89.5 Å². The number of nitrogens with one attached hydrogen (secondary N) is 4. The zero-order chi connectivity index (χ0) is 29.0. The van der Waals surface area contributed by atoms with Crippen LogP contribution in [0.4, 0.5) is 0 Å². The largest absolute Gasteiger partial charge is 0.464 e. The molecule has 0 spiro atoms. The van der Waals surface area contributed by atoms with Gasteiger partial charge in [-0.1, -0.05) is 0 Å². The maximum atomic E-state index is 5.95. The molecule has 212 valence electrons. The Labute approximate surface area is 249 Å². The second kappa shape index (κ2) is 9.64. The van der Waals surface area contributed by atoms with Gasteiger partial charge in [0, 0.05) is 0 Å². The fourth-order valence-electron chi connectivity index (χ4n) is 6.07. The highest BCUT2D eigenvalue weighted by atomic mass is 16.3. The summed E-state index contributed by atoms with van der Waals surface area (Å²) in [6, 6.07) is 31.9. The van der Waals surface area contributed by atoms with Crippen molar-refractivity contribution < 1.29 is 17.7 Å². The molecule has 0 radical (unpaired) electrons. The van der Waals surface area contributed by atoms with Gasteiger partial charge in [-0.05, 0) is 97.1 Å². The molecule has 1 aliphatic heterocycles. The minimum atomic E-state index is 0.731. The number of H-pyrrole nitrogens is 4. The summed E-state index contributed by atoms with van der Waals surface area (Å²) in [5.74, 6) is 2.92. The summed E-state index contributed by atoms with van der Waals surface area (Å²) in [5.41, 5.74) is 7.11. The van der Waals surface area contributed by atoms with E-state index in [1.165, 1.54) is 0 Å². The molecule has 0 amide bonds. The summed E-state index contributed by atoms with van der Waals surface area (Å²) in [4.78, 5) is 14.6. The molecule has 0 atom stereocenters. The molecule has 9 rings (SSSR count). The Kier molecular flexibility index (Phi) is 5.33. The second-order valence-corrected chi connectivity index (χ2v) is 10.6. The first-order chi connectivity index (χ1) is 21.8. The monoisotopic (exact) mass is 576 g/mol. The molecule has 0 saturated heterocycles. The first-order valence-electron chi connectivity index (χ1n) is 14.2. The summed E-state index contributed by atoms with van der Waals surface area (Å²) in [6.45, 7) is 0. The highest BCUT2D eigenvalue weighted by molar-refractivity contribution is 5.82. The van der Waals surface area contributed by atoms with Gasteiger partial charge in [0.05, 0.1) is 91.5 Å². The number of aromatic amines is 4. The predicted octanol–water partition coefficient (Wildman–Crippen LogP) is 4.67. The molecule has 8 aromatic heterocycles. The van der Waals surface area contributed by atoms with Crippen molar-refractivity contribution in [1.29, 1.82) is 0 Å². The standard InChI is InChI=1S/C36H24N4O4/c1-5-29(41-17-1)33-21-9-11-23(37-21)34(30-6-2-18-42-30)25-13-15-27(39-25)36(32-8-4-20-44-32)28-16-14-26(40-28)35(31-7-3-19-43-31)24-12-10-22(33)38-24/h1-20,37-40H. The van der Waals surface area contributed by atoms with Gasteiger partial charge in [0.25, 0.3) is 0 Å².